The molecule has 19 heteroatoms. The van der Waals surface area contributed by atoms with Gasteiger partial charge in [0, 0.05) is 25.7 Å². The van der Waals surface area contributed by atoms with Crippen molar-refractivity contribution in [3.05, 3.63) is 24.3 Å². The molecule has 0 fully saturated rings. The van der Waals surface area contributed by atoms with Gasteiger partial charge in [0.2, 0.25) is 0 Å². The lowest BCUT2D eigenvalue weighted by atomic mass is 10.00. The maximum atomic E-state index is 13.0. The summed E-state index contributed by atoms with van der Waals surface area (Å²) in [6.45, 7) is 11.7. The average Bonchev–Trinajstić information content (AvgIpc) is 1.60. The van der Waals surface area contributed by atoms with Crippen molar-refractivity contribution in [2.24, 2.45) is 17.8 Å². The van der Waals surface area contributed by atoms with E-state index in [0.717, 1.165) is 121 Å². The third kappa shape index (κ3) is 64.9. The lowest BCUT2D eigenvalue weighted by Gasteiger charge is -2.21. The van der Waals surface area contributed by atoms with E-state index in [1.165, 1.54) is 128 Å². The molecule has 4 unspecified atom stereocenters. The summed E-state index contributed by atoms with van der Waals surface area (Å²) >= 11 is 0. The first-order valence-corrected chi connectivity index (χ1v) is 40.2. The Bertz CT molecular complexity index is 1900. The molecule has 0 saturated heterocycles. The SMILES string of the molecule is CCCCCC/C=C\C=C/CCCCCCCC(=O)OC[C@H](COP(=O)(O)OCC(O)COP(=O)(O)OC[C@@H](COC(=O)CCCCCCCCCC(C)C)OC(=O)CCCCCCCCCCCCCCCCC(C)C)OC(=O)CCCCCCCCC(C)CC. The molecule has 0 aliphatic heterocycles. The average molecular weight is 1350 g/mol. The number of ether oxygens (including phenoxy) is 4. The van der Waals surface area contributed by atoms with Crippen molar-refractivity contribution in [1.29, 1.82) is 0 Å². The van der Waals surface area contributed by atoms with Crippen molar-refractivity contribution in [3.8, 4) is 0 Å². The predicted molar refractivity (Wildman–Crippen MR) is 372 cm³/mol. The number of hydrogen-bond donors (Lipinski definition) is 3. The molecule has 92 heavy (non-hydrogen) atoms. The number of allylic oxidation sites excluding steroid dienone is 4. The van der Waals surface area contributed by atoms with E-state index in [0.29, 0.717) is 37.5 Å². The first kappa shape index (κ1) is 89.5. The summed E-state index contributed by atoms with van der Waals surface area (Å²) < 4.78 is 68.3. The van der Waals surface area contributed by atoms with Crippen molar-refractivity contribution in [2.45, 2.75) is 362 Å². The van der Waals surface area contributed by atoms with E-state index in [-0.39, 0.29) is 25.7 Å². The van der Waals surface area contributed by atoms with E-state index in [4.69, 9.17) is 37.0 Å². The van der Waals surface area contributed by atoms with Crippen molar-refractivity contribution < 1.29 is 80.2 Å². The van der Waals surface area contributed by atoms with Crippen LogP contribution in [0.25, 0.3) is 0 Å². The zero-order valence-electron chi connectivity index (χ0n) is 59.5. The minimum atomic E-state index is -4.96. The molecule has 0 heterocycles. The smallest absolute Gasteiger partial charge is 0.462 e. The summed E-state index contributed by atoms with van der Waals surface area (Å²) in [6.07, 6.45) is 50.9. The Labute approximate surface area is 561 Å². The highest BCUT2D eigenvalue weighted by molar-refractivity contribution is 7.47. The molecule has 0 saturated carbocycles. The van der Waals surface area contributed by atoms with Crippen molar-refractivity contribution in [2.75, 3.05) is 39.6 Å². The zero-order valence-corrected chi connectivity index (χ0v) is 61.3. The van der Waals surface area contributed by atoms with E-state index >= 15 is 0 Å². The summed E-state index contributed by atoms with van der Waals surface area (Å²) in [5, 5.41) is 10.6. The van der Waals surface area contributed by atoms with E-state index in [9.17, 15) is 43.2 Å². The maximum absolute atomic E-state index is 13.0. The van der Waals surface area contributed by atoms with Crippen LogP contribution in [0.15, 0.2) is 24.3 Å². The van der Waals surface area contributed by atoms with Crippen LogP contribution in [0.4, 0.5) is 0 Å². The first-order valence-electron chi connectivity index (χ1n) is 37.2. The standard InChI is InChI=1S/C73H138O17P2/c1-8-10-11-12-13-14-15-16-17-21-24-27-32-40-47-54-70(75)83-61-69(90-73(78)57-50-43-36-35-39-46-53-66(7)9-2)63-88-92(81,82)86-59-67(74)58-85-91(79,80)87-62-68(60-84-71(76)55-48-41-34-29-31-38-45-52-65(5)6)89-72(77)56-49-42-33-28-25-22-19-18-20-23-26-30-37-44-51-64(3)4/h14-17,64-69,74H,8-13,18-63H2,1-7H3,(H,79,80)(H,81,82)/b15-14-,17-16-/t66?,67?,68-,69-/m1/s1. The Morgan fingerprint density at radius 3 is 0.967 bits per heavy atom. The molecule has 0 spiro atoms. The fraction of sp³-hybridized carbons (Fsp3) is 0.890. The molecule has 0 aromatic heterocycles. The van der Waals surface area contributed by atoms with E-state index in [1.807, 2.05) is 0 Å². The van der Waals surface area contributed by atoms with E-state index < -0.39 is 97.5 Å². The summed E-state index contributed by atoms with van der Waals surface area (Å²) in [6, 6.07) is 0. The maximum Gasteiger partial charge on any atom is 0.472 e. The molecule has 0 aromatic rings. The van der Waals surface area contributed by atoms with Crippen LogP contribution in [-0.4, -0.2) is 96.7 Å². The summed E-state index contributed by atoms with van der Waals surface area (Å²) in [7, 11) is -9.92. The number of carbonyl (C=O) groups is 4. The van der Waals surface area contributed by atoms with Gasteiger partial charge < -0.3 is 33.8 Å². The Balaban J connectivity index is 5.25. The molecule has 0 aromatic carbocycles. The van der Waals surface area contributed by atoms with Crippen molar-refractivity contribution in [3.63, 3.8) is 0 Å². The fourth-order valence-electron chi connectivity index (χ4n) is 10.5. The molecular weight excluding hydrogens is 1210 g/mol. The third-order valence-electron chi connectivity index (χ3n) is 16.6. The van der Waals surface area contributed by atoms with Gasteiger partial charge in [-0.1, -0.05) is 291 Å². The van der Waals surface area contributed by atoms with Crippen LogP contribution in [0.5, 0.6) is 0 Å². The highest BCUT2D eigenvalue weighted by atomic mass is 31.2. The van der Waals surface area contributed by atoms with Crippen LogP contribution in [0.3, 0.4) is 0 Å². The second kappa shape index (κ2) is 63.3. The molecule has 6 atom stereocenters. The number of phosphoric ester groups is 2. The van der Waals surface area contributed by atoms with E-state index in [2.05, 4.69) is 72.8 Å². The Kier molecular flexibility index (Phi) is 61.6. The van der Waals surface area contributed by atoms with Crippen LogP contribution in [0.2, 0.25) is 0 Å². The molecule has 542 valence electrons. The number of esters is 4. The molecule has 0 aliphatic carbocycles. The summed E-state index contributed by atoms with van der Waals surface area (Å²) in [5.74, 6) is 0.0570. The number of aliphatic hydroxyl groups excluding tert-OH is 1. The monoisotopic (exact) mass is 1350 g/mol. The largest absolute Gasteiger partial charge is 0.472 e. The number of carbonyl (C=O) groups excluding carboxylic acids is 4. The molecule has 0 aliphatic rings. The van der Waals surface area contributed by atoms with E-state index in [1.54, 1.807) is 0 Å². The van der Waals surface area contributed by atoms with Crippen molar-refractivity contribution >= 4 is 39.5 Å². The minimum Gasteiger partial charge on any atom is -0.462 e. The van der Waals surface area contributed by atoms with Gasteiger partial charge in [-0.2, -0.15) is 0 Å². The number of unbranched alkanes of at least 4 members (excludes halogenated alkanes) is 33. The van der Waals surface area contributed by atoms with Crippen LogP contribution >= 0.6 is 15.6 Å². The van der Waals surface area contributed by atoms with Crippen LogP contribution < -0.4 is 0 Å². The highest BCUT2D eigenvalue weighted by Crippen LogP contribution is 2.45. The number of aliphatic hydroxyl groups is 1. The first-order chi connectivity index (χ1) is 44.3. The minimum absolute atomic E-state index is 0.0958. The predicted octanol–water partition coefficient (Wildman–Crippen LogP) is 20.6. The molecule has 17 nitrogen and oxygen atoms in total. The summed E-state index contributed by atoms with van der Waals surface area (Å²) in [5.41, 5.74) is 0. The van der Waals surface area contributed by atoms with Gasteiger partial charge in [-0.05, 0) is 69.1 Å². The quantitative estimate of drug-likeness (QED) is 0.0169. The summed E-state index contributed by atoms with van der Waals surface area (Å²) in [4.78, 5) is 72.6. The Morgan fingerprint density at radius 1 is 0.359 bits per heavy atom. The molecule has 0 amide bonds. The van der Waals surface area contributed by atoms with Crippen LogP contribution in [0, 0.1) is 17.8 Å². The fourth-order valence-corrected chi connectivity index (χ4v) is 12.1. The topological polar surface area (TPSA) is 237 Å². The Hall–Kier alpha value is -2.46. The van der Waals surface area contributed by atoms with Gasteiger partial charge in [0.25, 0.3) is 0 Å². The van der Waals surface area contributed by atoms with Gasteiger partial charge in [0.1, 0.15) is 19.3 Å². The third-order valence-corrected chi connectivity index (χ3v) is 18.5. The molecule has 0 bridgehead atoms. The second-order valence-corrected chi connectivity index (χ2v) is 29.7. The molecule has 0 rings (SSSR count). The van der Waals surface area contributed by atoms with Gasteiger partial charge in [-0.25, -0.2) is 9.13 Å². The van der Waals surface area contributed by atoms with Gasteiger partial charge in [-0.3, -0.25) is 37.3 Å². The highest BCUT2D eigenvalue weighted by Gasteiger charge is 2.30. The molecule has 0 radical (unpaired) electrons. The lowest BCUT2D eigenvalue weighted by Crippen LogP contribution is -2.30. The van der Waals surface area contributed by atoms with Gasteiger partial charge in [0.15, 0.2) is 12.2 Å². The zero-order chi connectivity index (χ0) is 68.0. The van der Waals surface area contributed by atoms with Gasteiger partial charge >= 0.3 is 39.5 Å². The normalized spacial score (nSPS) is 14.6. The second-order valence-electron chi connectivity index (χ2n) is 26.8. The lowest BCUT2D eigenvalue weighted by molar-refractivity contribution is -0.161. The van der Waals surface area contributed by atoms with Crippen molar-refractivity contribution in [1.82, 2.24) is 0 Å². The van der Waals surface area contributed by atoms with Crippen LogP contribution in [-0.2, 0) is 65.4 Å². The molecular formula is C73H138O17P2. The van der Waals surface area contributed by atoms with Crippen LogP contribution in [0.1, 0.15) is 344 Å². The Morgan fingerprint density at radius 2 is 0.641 bits per heavy atom. The number of rotatable bonds is 69. The number of hydrogen-bond acceptors (Lipinski definition) is 15. The molecule has 3 N–H and O–H groups in total. The van der Waals surface area contributed by atoms with Gasteiger partial charge in [-0.15, -0.1) is 0 Å². The number of phosphoric acid groups is 2. The van der Waals surface area contributed by atoms with Gasteiger partial charge in [0.05, 0.1) is 26.4 Å².